The first-order valence-corrected chi connectivity index (χ1v) is 5.99. The van der Waals surface area contributed by atoms with Gasteiger partial charge >= 0.3 is 0 Å². The van der Waals surface area contributed by atoms with Gasteiger partial charge in [0.05, 0.1) is 0 Å². The molecular formula is C12H12N2O2S. The van der Waals surface area contributed by atoms with Gasteiger partial charge in [0.1, 0.15) is 0 Å². The van der Waals surface area contributed by atoms with Crippen molar-refractivity contribution >= 4 is 22.9 Å². The van der Waals surface area contributed by atoms with Crippen molar-refractivity contribution in [2.24, 2.45) is 0 Å². The van der Waals surface area contributed by atoms with Gasteiger partial charge in [-0.25, -0.2) is 4.98 Å². The van der Waals surface area contributed by atoms with E-state index < -0.39 is 0 Å². The maximum absolute atomic E-state index is 11.8. The molecule has 0 aliphatic rings. The van der Waals surface area contributed by atoms with Crippen LogP contribution in [0.25, 0.3) is 0 Å². The van der Waals surface area contributed by atoms with Crippen molar-refractivity contribution in [1.29, 1.82) is 0 Å². The molecule has 0 saturated carbocycles. The number of anilines is 1. The van der Waals surface area contributed by atoms with E-state index >= 15 is 0 Å². The number of hydrogen-bond acceptors (Lipinski definition) is 4. The summed E-state index contributed by atoms with van der Waals surface area (Å²) in [6, 6.07) is 9.44. The van der Waals surface area contributed by atoms with E-state index in [9.17, 15) is 4.79 Å². The fourth-order valence-corrected chi connectivity index (χ4v) is 1.78. The maximum Gasteiger partial charge on any atom is 0.273 e. The first-order valence-electron chi connectivity index (χ1n) is 5.11. The predicted octanol–water partition coefficient (Wildman–Crippen LogP) is 2.18. The Bertz CT molecular complexity index is 471. The lowest BCUT2D eigenvalue weighted by Gasteiger charge is -2.16. The number of rotatable bonds is 4. The highest BCUT2D eigenvalue weighted by Gasteiger charge is 2.11. The average Bonchev–Trinajstić information content (AvgIpc) is 2.89. The first-order chi connectivity index (χ1) is 8.27. The number of carbonyl (C=O) groups is 1. The topological polar surface area (TPSA) is 42.4 Å². The van der Waals surface area contributed by atoms with Crippen LogP contribution >= 0.6 is 11.3 Å². The summed E-state index contributed by atoms with van der Waals surface area (Å²) in [4.78, 5) is 17.3. The van der Waals surface area contributed by atoms with E-state index in [-0.39, 0.29) is 12.5 Å². The van der Waals surface area contributed by atoms with E-state index in [1.165, 1.54) is 11.3 Å². The second-order valence-electron chi connectivity index (χ2n) is 3.37. The zero-order valence-corrected chi connectivity index (χ0v) is 10.2. The van der Waals surface area contributed by atoms with E-state index in [0.717, 1.165) is 5.69 Å². The van der Waals surface area contributed by atoms with Gasteiger partial charge in [-0.05, 0) is 12.1 Å². The largest absolute Gasteiger partial charge is 0.460 e. The van der Waals surface area contributed by atoms with E-state index in [0.29, 0.717) is 5.19 Å². The van der Waals surface area contributed by atoms with Gasteiger partial charge in [0.2, 0.25) is 0 Å². The van der Waals surface area contributed by atoms with E-state index in [4.69, 9.17) is 4.74 Å². The Kier molecular flexibility index (Phi) is 3.72. The third-order valence-corrected chi connectivity index (χ3v) is 2.93. The number of thiazole rings is 1. The van der Waals surface area contributed by atoms with Crippen molar-refractivity contribution in [3.05, 3.63) is 41.9 Å². The van der Waals surface area contributed by atoms with Crippen LogP contribution in [0, 0.1) is 0 Å². The molecule has 4 nitrogen and oxygen atoms in total. The molecule has 1 heterocycles. The minimum Gasteiger partial charge on any atom is -0.460 e. The smallest absolute Gasteiger partial charge is 0.273 e. The van der Waals surface area contributed by atoms with E-state index in [2.05, 4.69) is 4.98 Å². The summed E-state index contributed by atoms with van der Waals surface area (Å²) in [6.07, 6.45) is 1.64. The first kappa shape index (κ1) is 11.6. The second kappa shape index (κ2) is 5.45. The third-order valence-electron chi connectivity index (χ3n) is 2.25. The molecule has 0 unspecified atom stereocenters. The number of para-hydroxylation sites is 1. The molecule has 0 spiro atoms. The lowest BCUT2D eigenvalue weighted by Crippen LogP contribution is -2.31. The highest BCUT2D eigenvalue weighted by molar-refractivity contribution is 7.11. The average molecular weight is 248 g/mol. The number of aromatic nitrogens is 1. The number of ether oxygens (including phenoxy) is 1. The van der Waals surface area contributed by atoms with Gasteiger partial charge in [-0.3, -0.25) is 4.79 Å². The molecule has 0 atom stereocenters. The normalized spacial score (nSPS) is 9.94. The van der Waals surface area contributed by atoms with Gasteiger partial charge in [0, 0.05) is 24.3 Å². The molecule has 2 aromatic rings. The van der Waals surface area contributed by atoms with E-state index in [1.54, 1.807) is 23.5 Å². The third kappa shape index (κ3) is 3.04. The molecular weight excluding hydrogens is 236 g/mol. The Morgan fingerprint density at radius 3 is 2.82 bits per heavy atom. The van der Waals surface area contributed by atoms with E-state index in [1.807, 2.05) is 30.3 Å². The quantitative estimate of drug-likeness (QED) is 0.833. The zero-order valence-electron chi connectivity index (χ0n) is 9.37. The summed E-state index contributed by atoms with van der Waals surface area (Å²) < 4.78 is 5.27. The molecule has 0 bridgehead atoms. The fourth-order valence-electron chi connectivity index (χ4n) is 1.30. The minimum absolute atomic E-state index is 0.00108. The number of hydrogen-bond donors (Lipinski definition) is 0. The van der Waals surface area contributed by atoms with Gasteiger partial charge in [-0.15, -0.1) is 0 Å². The van der Waals surface area contributed by atoms with Crippen LogP contribution in [0.2, 0.25) is 0 Å². The standard InChI is InChI=1S/C12H12N2O2S/c1-14(10-5-3-2-4-6-10)11(15)9-16-12-13-7-8-17-12/h2-8H,9H2,1H3. The molecule has 0 saturated heterocycles. The van der Waals surface area contributed by atoms with Crippen LogP contribution in [0.5, 0.6) is 5.19 Å². The van der Waals surface area contributed by atoms with Crippen LogP contribution in [0.1, 0.15) is 0 Å². The Balaban J connectivity index is 1.92. The molecule has 0 aliphatic heterocycles. The van der Waals surface area contributed by atoms with Crippen LogP contribution in [-0.2, 0) is 4.79 Å². The summed E-state index contributed by atoms with van der Waals surface area (Å²) in [6.45, 7) is -0.00108. The van der Waals surface area contributed by atoms with Crippen LogP contribution in [0.15, 0.2) is 41.9 Å². The van der Waals surface area contributed by atoms with Crippen molar-refractivity contribution in [3.8, 4) is 5.19 Å². The summed E-state index contributed by atoms with van der Waals surface area (Å²) in [5, 5.41) is 2.32. The molecule has 1 amide bonds. The second-order valence-corrected chi connectivity index (χ2v) is 4.23. The summed E-state index contributed by atoms with van der Waals surface area (Å²) in [5.74, 6) is -0.105. The predicted molar refractivity (Wildman–Crippen MR) is 67.5 cm³/mol. The number of benzene rings is 1. The van der Waals surface area contributed by atoms with Crippen LogP contribution in [-0.4, -0.2) is 24.5 Å². The fraction of sp³-hybridized carbons (Fsp3) is 0.167. The Labute approximate surface area is 103 Å². The Morgan fingerprint density at radius 1 is 1.41 bits per heavy atom. The molecule has 2 rings (SSSR count). The van der Waals surface area contributed by atoms with Crippen molar-refractivity contribution in [2.75, 3.05) is 18.6 Å². The van der Waals surface area contributed by atoms with Crippen LogP contribution in [0.3, 0.4) is 0 Å². The molecule has 0 fully saturated rings. The molecule has 17 heavy (non-hydrogen) atoms. The molecule has 0 N–H and O–H groups in total. The molecule has 0 radical (unpaired) electrons. The lowest BCUT2D eigenvalue weighted by atomic mass is 10.3. The SMILES string of the molecule is CN(C(=O)COc1nccs1)c1ccccc1. The molecule has 5 heteroatoms. The zero-order chi connectivity index (χ0) is 12.1. The van der Waals surface area contributed by atoms with Gasteiger partial charge < -0.3 is 9.64 Å². The van der Waals surface area contributed by atoms with Gasteiger partial charge in [0.15, 0.2) is 6.61 Å². The number of amides is 1. The van der Waals surface area contributed by atoms with Crippen molar-refractivity contribution < 1.29 is 9.53 Å². The Morgan fingerprint density at radius 2 is 2.18 bits per heavy atom. The van der Waals surface area contributed by atoms with Crippen LogP contribution < -0.4 is 9.64 Å². The molecule has 0 aliphatic carbocycles. The highest BCUT2D eigenvalue weighted by Crippen LogP contribution is 2.15. The highest BCUT2D eigenvalue weighted by atomic mass is 32.1. The van der Waals surface area contributed by atoms with Crippen LogP contribution in [0.4, 0.5) is 5.69 Å². The van der Waals surface area contributed by atoms with Gasteiger partial charge in [-0.1, -0.05) is 29.5 Å². The summed E-state index contributed by atoms with van der Waals surface area (Å²) >= 11 is 1.37. The number of likely N-dealkylation sites (N-methyl/N-ethyl adjacent to an activating group) is 1. The molecule has 1 aromatic carbocycles. The van der Waals surface area contributed by atoms with Crippen molar-refractivity contribution in [1.82, 2.24) is 4.98 Å². The van der Waals surface area contributed by atoms with Gasteiger partial charge in [-0.2, -0.15) is 0 Å². The monoisotopic (exact) mass is 248 g/mol. The number of nitrogens with zero attached hydrogens (tertiary/aromatic N) is 2. The minimum atomic E-state index is -0.105. The number of carbonyl (C=O) groups excluding carboxylic acids is 1. The lowest BCUT2D eigenvalue weighted by molar-refractivity contribution is -0.120. The van der Waals surface area contributed by atoms with Gasteiger partial charge in [0.25, 0.3) is 11.1 Å². The van der Waals surface area contributed by atoms with Crippen molar-refractivity contribution in [2.45, 2.75) is 0 Å². The van der Waals surface area contributed by atoms with Crippen molar-refractivity contribution in [3.63, 3.8) is 0 Å². The molecule has 1 aromatic heterocycles. The summed E-state index contributed by atoms with van der Waals surface area (Å²) in [7, 11) is 1.73. The Hall–Kier alpha value is -1.88. The molecule has 88 valence electrons. The maximum atomic E-state index is 11.8. The summed E-state index contributed by atoms with van der Waals surface area (Å²) in [5.41, 5.74) is 0.847.